The third-order valence-corrected chi connectivity index (χ3v) is 10.1. The first-order valence-electron chi connectivity index (χ1n) is 18.3. The van der Waals surface area contributed by atoms with Crippen LogP contribution in [0.3, 0.4) is 0 Å². The molecule has 0 radical (unpaired) electrons. The van der Waals surface area contributed by atoms with Crippen molar-refractivity contribution in [2.45, 2.75) is 156 Å². The minimum Gasteiger partial charge on any atom is -0.369 e. The molecule has 2 aliphatic heterocycles. The summed E-state index contributed by atoms with van der Waals surface area (Å²) in [7, 11) is 0. The molecule has 238 valence electrons. The van der Waals surface area contributed by atoms with Crippen LogP contribution in [0.4, 0.5) is 0 Å². The standard InChI is InChI=1S/C38H66N4/c1-5-9-13-17-25-37(26-18-14-10-6-2)29-39-35(40-30-37)33-21-23-34(24-22-33)36-41-31-38(32-42-36,27-19-15-11-7-3)28-20-16-12-8-4/h21-24H,5-20,25-32H2,1-4H3,(H,39,40)(H,41,42). The summed E-state index contributed by atoms with van der Waals surface area (Å²) >= 11 is 0. The molecule has 0 aliphatic carbocycles. The summed E-state index contributed by atoms with van der Waals surface area (Å²) in [5, 5.41) is 7.56. The maximum absolute atomic E-state index is 5.16. The van der Waals surface area contributed by atoms with Crippen molar-refractivity contribution in [1.82, 2.24) is 10.6 Å². The zero-order chi connectivity index (χ0) is 29.9. The SMILES string of the molecule is CCCCCCC1(CCCCCC)CN=C(c2ccc(C3=NCC(CCCCCC)(CCCCCC)CN3)cc2)NC1. The molecule has 3 rings (SSSR count). The smallest absolute Gasteiger partial charge is 0.128 e. The van der Waals surface area contributed by atoms with E-state index in [4.69, 9.17) is 9.98 Å². The van der Waals surface area contributed by atoms with Crippen LogP contribution in [0.1, 0.15) is 167 Å². The molecule has 4 nitrogen and oxygen atoms in total. The van der Waals surface area contributed by atoms with Gasteiger partial charge in [0.25, 0.3) is 0 Å². The number of amidine groups is 2. The highest BCUT2D eigenvalue weighted by molar-refractivity contribution is 6.02. The second-order valence-corrected chi connectivity index (χ2v) is 13.9. The van der Waals surface area contributed by atoms with Gasteiger partial charge in [-0.15, -0.1) is 0 Å². The van der Waals surface area contributed by atoms with E-state index in [1.807, 2.05) is 0 Å². The molecule has 0 spiro atoms. The largest absolute Gasteiger partial charge is 0.369 e. The minimum atomic E-state index is 0.339. The number of aliphatic imine (C=N–C) groups is 2. The van der Waals surface area contributed by atoms with Crippen LogP contribution < -0.4 is 10.6 Å². The Bertz CT molecular complexity index is 817. The van der Waals surface area contributed by atoms with Gasteiger partial charge in [-0.2, -0.15) is 0 Å². The average Bonchev–Trinajstić information content (AvgIpc) is 3.03. The highest BCUT2D eigenvalue weighted by Crippen LogP contribution is 2.35. The molecule has 2 N–H and O–H groups in total. The van der Waals surface area contributed by atoms with Crippen LogP contribution in [0.5, 0.6) is 0 Å². The van der Waals surface area contributed by atoms with Gasteiger partial charge >= 0.3 is 0 Å². The summed E-state index contributed by atoms with van der Waals surface area (Å²) in [5.41, 5.74) is 3.10. The van der Waals surface area contributed by atoms with E-state index in [1.54, 1.807) is 0 Å². The summed E-state index contributed by atoms with van der Waals surface area (Å²) in [6.07, 6.45) is 26.7. The van der Waals surface area contributed by atoms with Gasteiger partial charge in [-0.25, -0.2) is 0 Å². The molecule has 0 saturated heterocycles. The first kappa shape index (κ1) is 34.6. The van der Waals surface area contributed by atoms with Crippen molar-refractivity contribution in [3.63, 3.8) is 0 Å². The van der Waals surface area contributed by atoms with Crippen LogP contribution in [-0.4, -0.2) is 37.9 Å². The van der Waals surface area contributed by atoms with Gasteiger partial charge in [0.1, 0.15) is 11.7 Å². The van der Waals surface area contributed by atoms with E-state index in [0.29, 0.717) is 10.8 Å². The summed E-state index contributed by atoms with van der Waals surface area (Å²) in [5.74, 6) is 2.16. The van der Waals surface area contributed by atoms with Gasteiger partial charge in [0, 0.05) is 48.1 Å². The number of rotatable bonds is 22. The summed E-state index contributed by atoms with van der Waals surface area (Å²) in [6.45, 7) is 13.3. The molecule has 0 fully saturated rings. The first-order valence-corrected chi connectivity index (χ1v) is 18.3. The van der Waals surface area contributed by atoms with Crippen molar-refractivity contribution < 1.29 is 0 Å². The Hall–Kier alpha value is -1.84. The monoisotopic (exact) mass is 579 g/mol. The molecule has 0 aromatic heterocycles. The molecule has 0 bridgehead atoms. The van der Waals surface area contributed by atoms with E-state index < -0.39 is 0 Å². The average molecular weight is 579 g/mol. The summed E-state index contributed by atoms with van der Waals surface area (Å²) in [4.78, 5) is 10.3. The lowest BCUT2D eigenvalue weighted by Crippen LogP contribution is -2.45. The quantitative estimate of drug-likeness (QED) is 0.134. The fourth-order valence-corrected chi connectivity index (χ4v) is 7.06. The summed E-state index contributed by atoms with van der Waals surface area (Å²) < 4.78 is 0. The van der Waals surface area contributed by atoms with E-state index in [2.05, 4.69) is 62.6 Å². The highest BCUT2D eigenvalue weighted by atomic mass is 15.1. The molecule has 2 aliphatic rings. The summed E-state index contributed by atoms with van der Waals surface area (Å²) in [6, 6.07) is 8.99. The lowest BCUT2D eigenvalue weighted by molar-refractivity contribution is 0.225. The molecule has 1 aromatic rings. The Morgan fingerprint density at radius 1 is 0.476 bits per heavy atom. The van der Waals surface area contributed by atoms with Crippen molar-refractivity contribution in [3.8, 4) is 0 Å². The van der Waals surface area contributed by atoms with Gasteiger partial charge in [-0.3, -0.25) is 9.98 Å². The predicted octanol–water partition coefficient (Wildman–Crippen LogP) is 10.2. The van der Waals surface area contributed by atoms with Crippen LogP contribution >= 0.6 is 0 Å². The van der Waals surface area contributed by atoms with Crippen LogP contribution in [0, 0.1) is 10.8 Å². The normalized spacial score (nSPS) is 17.7. The first-order chi connectivity index (χ1) is 20.6. The number of nitrogens with zero attached hydrogens (tertiary/aromatic N) is 2. The maximum atomic E-state index is 5.16. The fourth-order valence-electron chi connectivity index (χ4n) is 7.06. The van der Waals surface area contributed by atoms with Gasteiger partial charge in [-0.1, -0.05) is 155 Å². The van der Waals surface area contributed by atoms with Gasteiger partial charge in [-0.05, 0) is 25.7 Å². The highest BCUT2D eigenvalue weighted by Gasteiger charge is 2.34. The Balaban J connectivity index is 1.60. The van der Waals surface area contributed by atoms with E-state index in [9.17, 15) is 0 Å². The zero-order valence-corrected chi connectivity index (χ0v) is 28.2. The molecule has 0 atom stereocenters. The molecular weight excluding hydrogens is 512 g/mol. The Labute approximate surface area is 260 Å². The molecular formula is C38H66N4. The van der Waals surface area contributed by atoms with Gasteiger partial charge in [0.05, 0.1) is 0 Å². The molecule has 4 heteroatoms. The Kier molecular flexibility index (Phi) is 16.0. The third kappa shape index (κ3) is 11.3. The van der Waals surface area contributed by atoms with Crippen molar-refractivity contribution in [2.24, 2.45) is 20.8 Å². The van der Waals surface area contributed by atoms with Crippen LogP contribution in [0.25, 0.3) is 0 Å². The van der Waals surface area contributed by atoms with Crippen molar-refractivity contribution in [1.29, 1.82) is 0 Å². The molecule has 0 unspecified atom stereocenters. The number of hydrogen-bond acceptors (Lipinski definition) is 4. The van der Waals surface area contributed by atoms with Crippen LogP contribution in [-0.2, 0) is 0 Å². The molecule has 2 heterocycles. The maximum Gasteiger partial charge on any atom is 0.128 e. The van der Waals surface area contributed by atoms with E-state index in [0.717, 1.165) is 37.9 Å². The fraction of sp³-hybridized carbons (Fsp3) is 0.789. The minimum absolute atomic E-state index is 0.339. The number of unbranched alkanes of at least 4 members (excludes halogenated alkanes) is 12. The molecule has 1 aromatic carbocycles. The van der Waals surface area contributed by atoms with E-state index in [-0.39, 0.29) is 0 Å². The topological polar surface area (TPSA) is 48.8 Å². The molecule has 0 amide bonds. The lowest BCUT2D eigenvalue weighted by atomic mass is 9.76. The molecule has 0 saturated carbocycles. The van der Waals surface area contributed by atoms with E-state index >= 15 is 0 Å². The van der Waals surface area contributed by atoms with Gasteiger partial charge in [0.15, 0.2) is 0 Å². The number of benzene rings is 1. The van der Waals surface area contributed by atoms with Gasteiger partial charge in [0.2, 0.25) is 0 Å². The van der Waals surface area contributed by atoms with Crippen molar-refractivity contribution in [2.75, 3.05) is 26.2 Å². The van der Waals surface area contributed by atoms with E-state index in [1.165, 1.54) is 140 Å². The number of nitrogens with one attached hydrogen (secondary N) is 2. The zero-order valence-electron chi connectivity index (χ0n) is 28.2. The predicted molar refractivity (Wildman–Crippen MR) is 185 cm³/mol. The second-order valence-electron chi connectivity index (χ2n) is 13.9. The number of hydrogen-bond donors (Lipinski definition) is 2. The Morgan fingerprint density at radius 3 is 1.02 bits per heavy atom. The van der Waals surface area contributed by atoms with Crippen molar-refractivity contribution >= 4 is 11.7 Å². The molecule has 42 heavy (non-hydrogen) atoms. The van der Waals surface area contributed by atoms with Crippen molar-refractivity contribution in [3.05, 3.63) is 35.4 Å². The lowest BCUT2D eigenvalue weighted by Gasteiger charge is -2.37. The van der Waals surface area contributed by atoms with Gasteiger partial charge < -0.3 is 10.6 Å². The third-order valence-electron chi connectivity index (χ3n) is 10.1. The Morgan fingerprint density at radius 2 is 0.786 bits per heavy atom. The van der Waals surface area contributed by atoms with Crippen LogP contribution in [0.2, 0.25) is 0 Å². The van der Waals surface area contributed by atoms with Crippen LogP contribution in [0.15, 0.2) is 34.3 Å². The second kappa shape index (κ2) is 19.4.